The van der Waals surface area contributed by atoms with Gasteiger partial charge in [-0.2, -0.15) is 0 Å². The summed E-state index contributed by atoms with van der Waals surface area (Å²) in [4.78, 5) is 12.1. The lowest BCUT2D eigenvalue weighted by molar-refractivity contribution is 0.0869. The number of aliphatic hydroxyl groups excluding tert-OH is 1. The van der Waals surface area contributed by atoms with Crippen molar-refractivity contribution in [1.29, 1.82) is 0 Å². The van der Waals surface area contributed by atoms with Gasteiger partial charge in [0.1, 0.15) is 5.56 Å². The molecular weight excluding hydrogens is 232 g/mol. The molecule has 102 valence electrons. The van der Waals surface area contributed by atoms with Crippen LogP contribution in [0, 0.1) is 12.8 Å². The number of carbonyl (C=O) groups is 1. The Kier molecular flexibility index (Phi) is 4.90. The van der Waals surface area contributed by atoms with E-state index in [1.165, 1.54) is 0 Å². The van der Waals surface area contributed by atoms with Gasteiger partial charge in [0.05, 0.1) is 11.8 Å². The van der Waals surface area contributed by atoms with E-state index < -0.39 is 6.10 Å². The van der Waals surface area contributed by atoms with E-state index in [9.17, 15) is 9.90 Å². The maximum Gasteiger partial charge on any atom is 0.256 e. The monoisotopic (exact) mass is 254 g/mol. The van der Waals surface area contributed by atoms with E-state index in [0.717, 1.165) is 0 Å². The summed E-state index contributed by atoms with van der Waals surface area (Å²) in [6.07, 6.45) is -0.545. The lowest BCUT2D eigenvalue weighted by atomic mass is 10.0. The minimum absolute atomic E-state index is 0.0990. The summed E-state index contributed by atoms with van der Waals surface area (Å²) < 4.78 is 5.16. The largest absolute Gasteiger partial charge is 0.391 e. The lowest BCUT2D eigenvalue weighted by Crippen LogP contribution is -2.35. The van der Waals surface area contributed by atoms with Crippen LogP contribution in [0.15, 0.2) is 4.52 Å². The van der Waals surface area contributed by atoms with E-state index in [1.54, 1.807) is 6.92 Å². The van der Waals surface area contributed by atoms with Crippen molar-refractivity contribution in [2.75, 3.05) is 6.54 Å². The Morgan fingerprint density at radius 2 is 2.00 bits per heavy atom. The van der Waals surface area contributed by atoms with Gasteiger partial charge in [0.15, 0.2) is 5.76 Å². The molecule has 1 amide bonds. The number of amides is 1. The predicted molar refractivity (Wildman–Crippen MR) is 68.5 cm³/mol. The molecule has 1 unspecified atom stereocenters. The summed E-state index contributed by atoms with van der Waals surface area (Å²) in [5, 5.41) is 16.2. The van der Waals surface area contributed by atoms with Crippen molar-refractivity contribution in [3.63, 3.8) is 0 Å². The van der Waals surface area contributed by atoms with Gasteiger partial charge >= 0.3 is 0 Å². The smallest absolute Gasteiger partial charge is 0.256 e. The number of nitrogens with one attached hydrogen (secondary N) is 1. The van der Waals surface area contributed by atoms with Crippen molar-refractivity contribution in [2.24, 2.45) is 5.92 Å². The molecule has 0 fully saturated rings. The molecule has 5 nitrogen and oxygen atoms in total. The molecule has 0 radical (unpaired) electrons. The SMILES string of the molecule is Cc1noc(C(C)C)c1C(=O)NCC(O)C(C)C. The Hall–Kier alpha value is -1.36. The highest BCUT2D eigenvalue weighted by molar-refractivity contribution is 5.96. The van der Waals surface area contributed by atoms with Gasteiger partial charge in [-0.3, -0.25) is 4.79 Å². The summed E-state index contributed by atoms with van der Waals surface area (Å²) in [5.74, 6) is 0.557. The number of hydrogen-bond donors (Lipinski definition) is 2. The summed E-state index contributed by atoms with van der Waals surface area (Å²) in [6.45, 7) is 9.67. The Bertz CT molecular complexity index is 410. The van der Waals surface area contributed by atoms with E-state index in [-0.39, 0.29) is 24.3 Å². The Labute approximate surface area is 108 Å². The number of nitrogens with zero attached hydrogens (tertiary/aromatic N) is 1. The van der Waals surface area contributed by atoms with Crippen LogP contribution in [0.5, 0.6) is 0 Å². The molecule has 2 N–H and O–H groups in total. The molecule has 0 aromatic carbocycles. The first-order valence-corrected chi connectivity index (χ1v) is 6.27. The summed E-state index contributed by atoms with van der Waals surface area (Å²) >= 11 is 0. The average molecular weight is 254 g/mol. The average Bonchev–Trinajstić information content (AvgIpc) is 2.67. The zero-order chi connectivity index (χ0) is 13.9. The first kappa shape index (κ1) is 14.7. The highest BCUT2D eigenvalue weighted by Gasteiger charge is 2.23. The van der Waals surface area contributed by atoms with Crippen LogP contribution >= 0.6 is 0 Å². The zero-order valence-corrected chi connectivity index (χ0v) is 11.7. The van der Waals surface area contributed by atoms with Crippen LogP contribution < -0.4 is 5.32 Å². The fourth-order valence-electron chi connectivity index (χ4n) is 1.58. The molecule has 0 spiro atoms. The van der Waals surface area contributed by atoms with Crippen molar-refractivity contribution in [1.82, 2.24) is 10.5 Å². The van der Waals surface area contributed by atoms with Crippen LogP contribution in [0.25, 0.3) is 0 Å². The van der Waals surface area contributed by atoms with E-state index in [2.05, 4.69) is 10.5 Å². The molecule has 18 heavy (non-hydrogen) atoms. The molecule has 1 aromatic heterocycles. The fraction of sp³-hybridized carbons (Fsp3) is 0.692. The highest BCUT2D eigenvalue weighted by Crippen LogP contribution is 2.21. The van der Waals surface area contributed by atoms with Gasteiger partial charge in [-0.25, -0.2) is 0 Å². The maximum atomic E-state index is 12.1. The number of rotatable bonds is 5. The fourth-order valence-corrected chi connectivity index (χ4v) is 1.58. The van der Waals surface area contributed by atoms with Gasteiger partial charge in [0.25, 0.3) is 5.91 Å². The number of hydrogen-bond acceptors (Lipinski definition) is 4. The first-order valence-electron chi connectivity index (χ1n) is 6.27. The van der Waals surface area contributed by atoms with E-state index in [0.29, 0.717) is 17.0 Å². The maximum absolute atomic E-state index is 12.1. The summed E-state index contributed by atoms with van der Waals surface area (Å²) in [7, 11) is 0. The number of aliphatic hydroxyl groups is 1. The van der Waals surface area contributed by atoms with Crippen molar-refractivity contribution in [2.45, 2.75) is 46.6 Å². The lowest BCUT2D eigenvalue weighted by Gasteiger charge is -2.15. The molecule has 0 saturated heterocycles. The van der Waals surface area contributed by atoms with Crippen molar-refractivity contribution in [3.8, 4) is 0 Å². The molecule has 1 heterocycles. The van der Waals surface area contributed by atoms with Crippen LogP contribution in [0.3, 0.4) is 0 Å². The molecule has 0 aliphatic carbocycles. The van der Waals surface area contributed by atoms with E-state index in [1.807, 2.05) is 27.7 Å². The Morgan fingerprint density at radius 3 is 2.50 bits per heavy atom. The van der Waals surface area contributed by atoms with Gasteiger partial charge in [-0.05, 0) is 12.8 Å². The predicted octanol–water partition coefficient (Wildman–Crippen LogP) is 1.85. The molecular formula is C13H22N2O3. The molecule has 1 aromatic rings. The minimum Gasteiger partial charge on any atom is -0.391 e. The van der Waals surface area contributed by atoms with Gasteiger partial charge < -0.3 is 14.9 Å². The number of aryl methyl sites for hydroxylation is 1. The van der Waals surface area contributed by atoms with Crippen LogP contribution in [0.2, 0.25) is 0 Å². The van der Waals surface area contributed by atoms with Crippen molar-refractivity contribution >= 4 is 5.91 Å². The molecule has 1 atom stereocenters. The van der Waals surface area contributed by atoms with Crippen LogP contribution in [-0.2, 0) is 0 Å². The second-order valence-electron chi connectivity index (χ2n) is 5.18. The Balaban J connectivity index is 2.75. The topological polar surface area (TPSA) is 75.4 Å². The molecule has 0 saturated carbocycles. The summed E-state index contributed by atoms with van der Waals surface area (Å²) in [5.41, 5.74) is 1.07. The highest BCUT2D eigenvalue weighted by atomic mass is 16.5. The van der Waals surface area contributed by atoms with E-state index >= 15 is 0 Å². The minimum atomic E-state index is -0.545. The molecule has 5 heteroatoms. The van der Waals surface area contributed by atoms with Gasteiger partial charge in [0.2, 0.25) is 0 Å². The zero-order valence-electron chi connectivity index (χ0n) is 11.7. The van der Waals surface area contributed by atoms with Crippen LogP contribution in [0.4, 0.5) is 0 Å². The van der Waals surface area contributed by atoms with Gasteiger partial charge in [-0.1, -0.05) is 32.9 Å². The standard InChI is InChI=1S/C13H22N2O3/c1-7(2)10(16)6-14-13(17)11-9(5)15-18-12(11)8(3)4/h7-8,10,16H,6H2,1-5H3,(H,14,17). The quantitative estimate of drug-likeness (QED) is 0.841. The van der Waals surface area contributed by atoms with Gasteiger partial charge in [-0.15, -0.1) is 0 Å². The van der Waals surface area contributed by atoms with Crippen LogP contribution in [-0.4, -0.2) is 28.8 Å². The number of carbonyl (C=O) groups excluding carboxylic acids is 1. The first-order chi connectivity index (χ1) is 8.34. The second kappa shape index (κ2) is 6.00. The van der Waals surface area contributed by atoms with Gasteiger partial charge in [0, 0.05) is 12.5 Å². The molecule has 0 aliphatic rings. The van der Waals surface area contributed by atoms with E-state index in [4.69, 9.17) is 4.52 Å². The molecule has 0 bridgehead atoms. The molecule has 1 rings (SSSR count). The summed E-state index contributed by atoms with van der Waals surface area (Å²) in [6, 6.07) is 0. The number of aromatic nitrogens is 1. The van der Waals surface area contributed by atoms with Crippen LogP contribution in [0.1, 0.15) is 55.4 Å². The third-order valence-electron chi connectivity index (χ3n) is 2.88. The third kappa shape index (κ3) is 3.32. The Morgan fingerprint density at radius 1 is 1.39 bits per heavy atom. The van der Waals surface area contributed by atoms with Crippen molar-refractivity contribution < 1.29 is 14.4 Å². The second-order valence-corrected chi connectivity index (χ2v) is 5.18. The van der Waals surface area contributed by atoms with Crippen molar-refractivity contribution in [3.05, 3.63) is 17.0 Å². The third-order valence-corrected chi connectivity index (χ3v) is 2.88. The normalized spacial score (nSPS) is 13.1. The molecule has 0 aliphatic heterocycles.